The van der Waals surface area contributed by atoms with Crippen LogP contribution in [0.3, 0.4) is 0 Å². The Hall–Kier alpha value is -0.860. The lowest BCUT2D eigenvalue weighted by Crippen LogP contribution is -2.18. The van der Waals surface area contributed by atoms with Gasteiger partial charge in [-0.25, -0.2) is 0 Å². The molecule has 68 valence electrons. The summed E-state index contributed by atoms with van der Waals surface area (Å²) in [5.41, 5.74) is 0. The van der Waals surface area contributed by atoms with Gasteiger partial charge in [-0.15, -0.1) is 0 Å². The van der Waals surface area contributed by atoms with Crippen molar-refractivity contribution in [1.29, 1.82) is 0 Å². The topological polar surface area (TPSA) is 43.4 Å². The Labute approximate surface area is 72.1 Å². The van der Waals surface area contributed by atoms with Crippen molar-refractivity contribution in [1.82, 2.24) is 0 Å². The van der Waals surface area contributed by atoms with Crippen molar-refractivity contribution in [3.8, 4) is 0 Å². The zero-order valence-electron chi connectivity index (χ0n) is 7.34. The second-order valence-corrected chi connectivity index (χ2v) is 3.22. The molecule has 1 unspecified atom stereocenters. The van der Waals surface area contributed by atoms with E-state index in [9.17, 15) is 9.59 Å². The van der Waals surface area contributed by atoms with Gasteiger partial charge in [0, 0.05) is 19.8 Å². The average molecular weight is 170 g/mol. The fourth-order valence-corrected chi connectivity index (χ4v) is 1.49. The highest BCUT2D eigenvalue weighted by Crippen LogP contribution is 2.17. The molecule has 0 saturated heterocycles. The molecule has 0 aromatic rings. The van der Waals surface area contributed by atoms with Crippen LogP contribution in [0.1, 0.15) is 39.0 Å². The van der Waals surface area contributed by atoms with Crippen LogP contribution in [-0.4, -0.2) is 17.9 Å². The molecule has 0 heterocycles. The Morgan fingerprint density at radius 2 is 2.25 bits per heavy atom. The molecule has 0 aromatic carbocycles. The minimum absolute atomic E-state index is 0.155. The number of esters is 1. The molecule has 0 amide bonds. The second-order valence-electron chi connectivity index (χ2n) is 3.22. The van der Waals surface area contributed by atoms with E-state index in [-0.39, 0.29) is 17.9 Å². The monoisotopic (exact) mass is 170 g/mol. The zero-order chi connectivity index (χ0) is 8.97. The number of carbonyl (C=O) groups is 2. The molecular weight excluding hydrogens is 156 g/mol. The molecule has 0 spiro atoms. The van der Waals surface area contributed by atoms with Crippen LogP contribution in [0.5, 0.6) is 0 Å². The Balaban J connectivity index is 2.41. The molecule has 0 N–H and O–H groups in total. The maximum absolute atomic E-state index is 11.1. The quantitative estimate of drug-likeness (QED) is 0.442. The summed E-state index contributed by atoms with van der Waals surface area (Å²) >= 11 is 0. The van der Waals surface area contributed by atoms with Gasteiger partial charge in [0.2, 0.25) is 0 Å². The van der Waals surface area contributed by atoms with Crippen molar-refractivity contribution >= 4 is 11.8 Å². The van der Waals surface area contributed by atoms with Crippen LogP contribution >= 0.6 is 0 Å². The van der Waals surface area contributed by atoms with E-state index in [1.54, 1.807) is 0 Å². The average Bonchev–Trinajstić information content (AvgIpc) is 2.12. The summed E-state index contributed by atoms with van der Waals surface area (Å²) in [6, 6.07) is 0. The number of carbonyl (C=O) groups excluding carboxylic acids is 2. The van der Waals surface area contributed by atoms with Crippen molar-refractivity contribution in [3.05, 3.63) is 0 Å². The summed E-state index contributed by atoms with van der Waals surface area (Å²) in [5, 5.41) is 0. The van der Waals surface area contributed by atoms with Crippen LogP contribution in [-0.2, 0) is 14.3 Å². The van der Waals surface area contributed by atoms with Crippen molar-refractivity contribution in [3.63, 3.8) is 0 Å². The third-order valence-corrected chi connectivity index (χ3v) is 2.02. The lowest BCUT2D eigenvalue weighted by atomic mass is 10.1. The van der Waals surface area contributed by atoms with Gasteiger partial charge in [-0.05, 0) is 19.3 Å². The third kappa shape index (κ3) is 3.03. The Kier molecular flexibility index (Phi) is 3.26. The Bertz CT molecular complexity index is 186. The van der Waals surface area contributed by atoms with Gasteiger partial charge in [0.1, 0.15) is 11.9 Å². The number of hydrogen-bond donors (Lipinski definition) is 0. The number of hydrogen-bond acceptors (Lipinski definition) is 3. The molecule has 0 bridgehead atoms. The van der Waals surface area contributed by atoms with Gasteiger partial charge in [0.25, 0.3) is 0 Å². The van der Waals surface area contributed by atoms with Gasteiger partial charge in [-0.3, -0.25) is 9.59 Å². The molecule has 0 aromatic heterocycles. The van der Waals surface area contributed by atoms with E-state index in [1.165, 1.54) is 6.92 Å². The number of ketones is 1. The van der Waals surface area contributed by atoms with E-state index in [2.05, 4.69) is 0 Å². The van der Waals surface area contributed by atoms with Crippen molar-refractivity contribution in [2.45, 2.75) is 45.1 Å². The first-order valence-electron chi connectivity index (χ1n) is 4.37. The normalized spacial score (nSPS) is 24.8. The molecule has 3 nitrogen and oxygen atoms in total. The molecule has 1 atom stereocenters. The SMILES string of the molecule is CC(=O)OC1CCCCC(=O)C1. The van der Waals surface area contributed by atoms with Gasteiger partial charge < -0.3 is 4.74 Å². The predicted octanol–water partition coefficient (Wildman–Crippen LogP) is 1.45. The van der Waals surface area contributed by atoms with Gasteiger partial charge in [0.15, 0.2) is 0 Å². The fraction of sp³-hybridized carbons (Fsp3) is 0.778. The van der Waals surface area contributed by atoms with E-state index in [1.807, 2.05) is 0 Å². The van der Waals surface area contributed by atoms with E-state index >= 15 is 0 Å². The Morgan fingerprint density at radius 1 is 1.50 bits per heavy atom. The van der Waals surface area contributed by atoms with Crippen LogP contribution < -0.4 is 0 Å². The smallest absolute Gasteiger partial charge is 0.302 e. The first kappa shape index (κ1) is 9.23. The largest absolute Gasteiger partial charge is 0.462 e. The first-order valence-corrected chi connectivity index (χ1v) is 4.37. The van der Waals surface area contributed by atoms with Crippen LogP contribution in [0.25, 0.3) is 0 Å². The van der Waals surface area contributed by atoms with Crippen molar-refractivity contribution < 1.29 is 14.3 Å². The molecule has 1 aliphatic rings. The molecular formula is C9H14O3. The summed E-state index contributed by atoms with van der Waals surface area (Å²) in [4.78, 5) is 21.7. The third-order valence-electron chi connectivity index (χ3n) is 2.02. The standard InChI is InChI=1S/C9H14O3/c1-7(10)12-9-5-3-2-4-8(11)6-9/h9H,2-6H2,1H3. The minimum Gasteiger partial charge on any atom is -0.462 e. The first-order chi connectivity index (χ1) is 5.68. The minimum atomic E-state index is -0.283. The van der Waals surface area contributed by atoms with Crippen LogP contribution in [0.2, 0.25) is 0 Å². The molecule has 0 radical (unpaired) electrons. The highest BCUT2D eigenvalue weighted by atomic mass is 16.5. The summed E-state index contributed by atoms with van der Waals surface area (Å²) in [7, 11) is 0. The molecule has 3 heteroatoms. The maximum Gasteiger partial charge on any atom is 0.302 e. The number of rotatable bonds is 1. The molecule has 12 heavy (non-hydrogen) atoms. The van der Waals surface area contributed by atoms with Gasteiger partial charge in [0.05, 0.1) is 0 Å². The summed E-state index contributed by atoms with van der Waals surface area (Å²) in [5.74, 6) is -0.0616. The van der Waals surface area contributed by atoms with Gasteiger partial charge in [-0.1, -0.05) is 0 Å². The van der Waals surface area contributed by atoms with Gasteiger partial charge >= 0.3 is 5.97 Å². The molecule has 1 aliphatic carbocycles. The lowest BCUT2D eigenvalue weighted by Gasteiger charge is -2.12. The highest BCUT2D eigenvalue weighted by molar-refractivity contribution is 5.79. The van der Waals surface area contributed by atoms with E-state index in [0.717, 1.165) is 19.3 Å². The zero-order valence-corrected chi connectivity index (χ0v) is 7.34. The summed E-state index contributed by atoms with van der Waals surface area (Å²) in [6.07, 6.45) is 3.68. The summed E-state index contributed by atoms with van der Waals surface area (Å²) in [6.45, 7) is 1.38. The predicted molar refractivity (Wildman–Crippen MR) is 43.6 cm³/mol. The van der Waals surface area contributed by atoms with Crippen LogP contribution in [0.4, 0.5) is 0 Å². The number of ether oxygens (including phenoxy) is 1. The number of Topliss-reactive ketones (excluding diaryl/α,β-unsaturated/α-hetero) is 1. The highest BCUT2D eigenvalue weighted by Gasteiger charge is 2.19. The summed E-state index contributed by atoms with van der Waals surface area (Å²) < 4.78 is 4.98. The van der Waals surface area contributed by atoms with Crippen molar-refractivity contribution in [2.75, 3.05) is 0 Å². The van der Waals surface area contributed by atoms with E-state index in [4.69, 9.17) is 4.74 Å². The van der Waals surface area contributed by atoms with Crippen molar-refractivity contribution in [2.24, 2.45) is 0 Å². The molecule has 1 fully saturated rings. The van der Waals surface area contributed by atoms with E-state index < -0.39 is 0 Å². The molecule has 0 aliphatic heterocycles. The lowest BCUT2D eigenvalue weighted by molar-refractivity contribution is -0.147. The van der Waals surface area contributed by atoms with Crippen LogP contribution in [0, 0.1) is 0 Å². The fourth-order valence-electron chi connectivity index (χ4n) is 1.49. The van der Waals surface area contributed by atoms with E-state index in [0.29, 0.717) is 12.8 Å². The maximum atomic E-state index is 11.1. The van der Waals surface area contributed by atoms with Crippen LogP contribution in [0.15, 0.2) is 0 Å². The molecule has 1 rings (SSSR count). The molecule has 1 saturated carbocycles. The Morgan fingerprint density at radius 3 is 2.92 bits per heavy atom. The van der Waals surface area contributed by atoms with Gasteiger partial charge in [-0.2, -0.15) is 0 Å². The second kappa shape index (κ2) is 4.24.